The first kappa shape index (κ1) is 18.0. The van der Waals surface area contributed by atoms with Crippen LogP contribution in [0.3, 0.4) is 0 Å². The van der Waals surface area contributed by atoms with Crippen molar-refractivity contribution in [3.8, 4) is 0 Å². The molecule has 0 unspecified atom stereocenters. The standard InChI is InChI=1S/C16H19NO6S/c1-4-5-14-13(10-15(18)22-3)17(16(19)23-14)24(20,21)12-8-6-11(2)7-9-12/h4,6-9,13-14H,1,5,10H2,2-3H3/t13-,14-/m0/s1. The second kappa shape index (κ2) is 7.04. The number of nitrogens with zero attached hydrogens (tertiary/aromatic N) is 1. The lowest BCUT2D eigenvalue weighted by atomic mass is 10.1. The van der Waals surface area contributed by atoms with Crippen molar-refractivity contribution in [2.45, 2.75) is 36.8 Å². The first-order valence-corrected chi connectivity index (χ1v) is 8.74. The molecule has 2 atom stereocenters. The lowest BCUT2D eigenvalue weighted by molar-refractivity contribution is -0.141. The van der Waals surface area contributed by atoms with Gasteiger partial charge in [-0.25, -0.2) is 13.2 Å². The fourth-order valence-corrected chi connectivity index (χ4v) is 4.00. The van der Waals surface area contributed by atoms with Gasteiger partial charge in [0.1, 0.15) is 6.10 Å². The number of carbonyl (C=O) groups excluding carboxylic acids is 2. The summed E-state index contributed by atoms with van der Waals surface area (Å²) in [5.41, 5.74) is 0.883. The Hall–Kier alpha value is -2.35. The summed E-state index contributed by atoms with van der Waals surface area (Å²) >= 11 is 0. The average molecular weight is 353 g/mol. The molecule has 0 bridgehead atoms. The van der Waals surface area contributed by atoms with Crippen LogP contribution < -0.4 is 0 Å². The van der Waals surface area contributed by atoms with Crippen LogP contribution in [0, 0.1) is 6.92 Å². The van der Waals surface area contributed by atoms with E-state index in [9.17, 15) is 18.0 Å². The Morgan fingerprint density at radius 3 is 2.54 bits per heavy atom. The molecule has 1 aromatic carbocycles. The molecular weight excluding hydrogens is 334 g/mol. The molecule has 2 rings (SSSR count). The molecule has 7 nitrogen and oxygen atoms in total. The molecule has 0 aromatic heterocycles. The number of esters is 1. The fraction of sp³-hybridized carbons (Fsp3) is 0.375. The van der Waals surface area contributed by atoms with E-state index < -0.39 is 34.2 Å². The normalized spacial score (nSPS) is 20.6. The number of methoxy groups -OCH3 is 1. The summed E-state index contributed by atoms with van der Waals surface area (Å²) in [6, 6.07) is 5.10. The lowest BCUT2D eigenvalue weighted by Crippen LogP contribution is -2.42. The van der Waals surface area contributed by atoms with E-state index in [0.717, 1.165) is 5.56 Å². The zero-order chi connectivity index (χ0) is 17.9. The van der Waals surface area contributed by atoms with Crippen molar-refractivity contribution in [1.82, 2.24) is 4.31 Å². The van der Waals surface area contributed by atoms with Crippen molar-refractivity contribution in [2.75, 3.05) is 7.11 Å². The van der Waals surface area contributed by atoms with Gasteiger partial charge in [-0.2, -0.15) is 4.31 Å². The molecule has 0 N–H and O–H groups in total. The number of aryl methyl sites for hydroxylation is 1. The molecule has 8 heteroatoms. The molecule has 1 saturated heterocycles. The predicted octanol–water partition coefficient (Wildman–Crippen LogP) is 2.01. The number of sulfonamides is 1. The van der Waals surface area contributed by atoms with Crippen LogP contribution in [0.2, 0.25) is 0 Å². The van der Waals surface area contributed by atoms with E-state index in [0.29, 0.717) is 4.31 Å². The maximum absolute atomic E-state index is 12.8. The minimum atomic E-state index is -4.14. The van der Waals surface area contributed by atoms with Crippen molar-refractivity contribution in [3.63, 3.8) is 0 Å². The van der Waals surface area contributed by atoms with E-state index in [1.54, 1.807) is 12.1 Å². The smallest absolute Gasteiger partial charge is 0.424 e. The van der Waals surface area contributed by atoms with Crippen LogP contribution >= 0.6 is 0 Å². The predicted molar refractivity (Wildman–Crippen MR) is 85.7 cm³/mol. The molecule has 1 aliphatic rings. The van der Waals surface area contributed by atoms with Crippen molar-refractivity contribution in [2.24, 2.45) is 0 Å². The van der Waals surface area contributed by atoms with E-state index in [4.69, 9.17) is 4.74 Å². The van der Waals surface area contributed by atoms with Gasteiger partial charge >= 0.3 is 12.1 Å². The Morgan fingerprint density at radius 1 is 1.38 bits per heavy atom. The molecule has 0 radical (unpaired) electrons. The number of hydrogen-bond donors (Lipinski definition) is 0. The van der Waals surface area contributed by atoms with Crippen LogP contribution in [-0.2, 0) is 24.3 Å². The van der Waals surface area contributed by atoms with E-state index in [1.165, 1.54) is 25.3 Å². The third-order valence-corrected chi connectivity index (χ3v) is 5.55. The summed E-state index contributed by atoms with van der Waals surface area (Å²) in [6.45, 7) is 5.38. The van der Waals surface area contributed by atoms with Gasteiger partial charge in [0.05, 0.1) is 24.5 Å². The maximum atomic E-state index is 12.8. The molecule has 24 heavy (non-hydrogen) atoms. The van der Waals surface area contributed by atoms with Gasteiger partial charge in [0.2, 0.25) is 0 Å². The van der Waals surface area contributed by atoms with Gasteiger partial charge in [-0.3, -0.25) is 4.79 Å². The summed E-state index contributed by atoms with van der Waals surface area (Å²) in [5, 5.41) is 0. The Labute approximate surface area is 140 Å². The first-order chi connectivity index (χ1) is 11.3. The van der Waals surface area contributed by atoms with Crippen LogP contribution in [0.25, 0.3) is 0 Å². The quantitative estimate of drug-likeness (QED) is 0.574. The minimum absolute atomic E-state index is 0.0424. The van der Waals surface area contributed by atoms with Gasteiger partial charge in [0.25, 0.3) is 10.0 Å². The Balaban J connectivity index is 2.43. The van der Waals surface area contributed by atoms with Crippen molar-refractivity contribution < 1.29 is 27.5 Å². The largest absolute Gasteiger partial charge is 0.469 e. The number of benzene rings is 1. The molecule has 0 saturated carbocycles. The first-order valence-electron chi connectivity index (χ1n) is 7.30. The van der Waals surface area contributed by atoms with Crippen molar-refractivity contribution >= 4 is 22.1 Å². The molecule has 0 aliphatic carbocycles. The SMILES string of the molecule is C=CC[C@@H]1OC(=O)N(S(=O)(=O)c2ccc(C)cc2)[C@H]1CC(=O)OC. The summed E-state index contributed by atoms with van der Waals surface area (Å²) < 4.78 is 36.0. The van der Waals surface area contributed by atoms with Gasteiger partial charge in [-0.1, -0.05) is 23.8 Å². The average Bonchev–Trinajstić information content (AvgIpc) is 2.84. The van der Waals surface area contributed by atoms with Gasteiger partial charge < -0.3 is 9.47 Å². The molecule has 130 valence electrons. The van der Waals surface area contributed by atoms with Gasteiger partial charge in [0, 0.05) is 6.42 Å². The topological polar surface area (TPSA) is 90.0 Å². The number of rotatable bonds is 6. The number of cyclic esters (lactones) is 1. The Morgan fingerprint density at radius 2 is 2.00 bits per heavy atom. The zero-order valence-corrected chi connectivity index (χ0v) is 14.3. The third kappa shape index (κ3) is 3.43. The van der Waals surface area contributed by atoms with Crippen molar-refractivity contribution in [1.29, 1.82) is 0 Å². The number of amides is 1. The molecule has 1 amide bonds. The summed E-state index contributed by atoms with van der Waals surface area (Å²) in [7, 11) is -2.95. The highest BCUT2D eigenvalue weighted by atomic mass is 32.2. The molecular formula is C16H19NO6S. The summed E-state index contributed by atoms with van der Waals surface area (Å²) in [4.78, 5) is 23.8. The maximum Gasteiger partial charge on any atom is 0.424 e. The van der Waals surface area contributed by atoms with Gasteiger partial charge in [-0.15, -0.1) is 6.58 Å². The second-order valence-corrected chi connectivity index (χ2v) is 7.22. The summed E-state index contributed by atoms with van der Waals surface area (Å²) in [6.07, 6.45) is -0.339. The van der Waals surface area contributed by atoms with Crippen molar-refractivity contribution in [3.05, 3.63) is 42.5 Å². The lowest BCUT2D eigenvalue weighted by Gasteiger charge is -2.23. The van der Waals surface area contributed by atoms with Crippen LogP contribution in [0.4, 0.5) is 4.79 Å². The Kier molecular flexibility index (Phi) is 5.28. The number of carbonyl (C=O) groups is 2. The zero-order valence-electron chi connectivity index (χ0n) is 13.5. The van der Waals surface area contributed by atoms with Crippen LogP contribution in [0.15, 0.2) is 41.8 Å². The monoisotopic (exact) mass is 353 g/mol. The molecule has 1 heterocycles. The third-order valence-electron chi connectivity index (χ3n) is 3.74. The minimum Gasteiger partial charge on any atom is -0.469 e. The van der Waals surface area contributed by atoms with Crippen LogP contribution in [0.1, 0.15) is 18.4 Å². The van der Waals surface area contributed by atoms with Crippen LogP contribution in [0.5, 0.6) is 0 Å². The second-order valence-electron chi connectivity index (χ2n) is 5.41. The molecule has 1 aliphatic heterocycles. The van der Waals surface area contributed by atoms with Gasteiger partial charge in [-0.05, 0) is 19.1 Å². The highest BCUT2D eigenvalue weighted by molar-refractivity contribution is 7.89. The van der Waals surface area contributed by atoms with E-state index in [2.05, 4.69) is 11.3 Å². The van der Waals surface area contributed by atoms with E-state index in [-0.39, 0.29) is 17.7 Å². The van der Waals surface area contributed by atoms with Gasteiger partial charge in [0.15, 0.2) is 0 Å². The molecule has 1 aromatic rings. The van der Waals surface area contributed by atoms with E-state index >= 15 is 0 Å². The highest BCUT2D eigenvalue weighted by Crippen LogP contribution is 2.31. The van der Waals surface area contributed by atoms with Crippen LogP contribution in [-0.4, -0.2) is 44.0 Å². The number of hydrogen-bond acceptors (Lipinski definition) is 6. The highest BCUT2D eigenvalue weighted by Gasteiger charge is 2.49. The molecule has 0 spiro atoms. The Bertz CT molecular complexity index is 740. The summed E-state index contributed by atoms with van der Waals surface area (Å²) in [5.74, 6) is -0.628. The van der Waals surface area contributed by atoms with E-state index in [1.807, 2.05) is 6.92 Å². The number of ether oxygens (including phenoxy) is 2. The molecule has 1 fully saturated rings. The fourth-order valence-electron chi connectivity index (χ4n) is 2.48.